The highest BCUT2D eigenvalue weighted by Crippen LogP contribution is 1.95. The minimum atomic E-state index is -0.110. The highest BCUT2D eigenvalue weighted by atomic mass is 16.1. The molecule has 0 heterocycles. The van der Waals surface area contributed by atoms with Crippen molar-refractivity contribution in [1.82, 2.24) is 10.6 Å². The van der Waals surface area contributed by atoms with E-state index in [-0.39, 0.29) is 11.9 Å². The van der Waals surface area contributed by atoms with Crippen molar-refractivity contribution in [1.29, 1.82) is 0 Å². The monoisotopic (exact) mass is 210 g/mol. The molecule has 0 fully saturated rings. The summed E-state index contributed by atoms with van der Waals surface area (Å²) < 4.78 is 0. The van der Waals surface area contributed by atoms with E-state index in [1.54, 1.807) is 0 Å². The first kappa shape index (κ1) is 14.0. The van der Waals surface area contributed by atoms with Crippen LogP contribution in [0.2, 0.25) is 0 Å². The van der Waals surface area contributed by atoms with Crippen LogP contribution in [0.15, 0.2) is 0 Å². The smallest absolute Gasteiger partial charge is 0.222 e. The summed E-state index contributed by atoms with van der Waals surface area (Å²) in [7, 11) is 0. The van der Waals surface area contributed by atoms with E-state index in [1.165, 1.54) is 0 Å². The SMILES string of the molecule is C#CC(CCC)NC(=O)CCNC(C)C. The fourth-order valence-electron chi connectivity index (χ4n) is 1.23. The summed E-state index contributed by atoms with van der Waals surface area (Å²) in [6.45, 7) is 6.86. The number of terminal acetylenes is 1. The number of nitrogens with one attached hydrogen (secondary N) is 2. The molecule has 3 nitrogen and oxygen atoms in total. The zero-order chi connectivity index (χ0) is 11.7. The molecule has 0 saturated heterocycles. The van der Waals surface area contributed by atoms with E-state index in [9.17, 15) is 4.79 Å². The first-order valence-electron chi connectivity index (χ1n) is 5.59. The van der Waals surface area contributed by atoms with Crippen LogP contribution in [0.3, 0.4) is 0 Å². The predicted molar refractivity (Wildman–Crippen MR) is 63.4 cm³/mol. The maximum absolute atomic E-state index is 11.4. The molecule has 2 N–H and O–H groups in total. The van der Waals surface area contributed by atoms with Crippen molar-refractivity contribution in [2.24, 2.45) is 0 Å². The van der Waals surface area contributed by atoms with Gasteiger partial charge in [0.15, 0.2) is 0 Å². The van der Waals surface area contributed by atoms with Crippen LogP contribution in [-0.4, -0.2) is 24.5 Å². The Labute approximate surface area is 93.0 Å². The maximum Gasteiger partial charge on any atom is 0.222 e. The largest absolute Gasteiger partial charge is 0.342 e. The molecule has 0 aliphatic rings. The average Bonchev–Trinajstić information content (AvgIpc) is 2.16. The van der Waals surface area contributed by atoms with Gasteiger partial charge in [-0.15, -0.1) is 6.42 Å². The van der Waals surface area contributed by atoms with E-state index in [0.717, 1.165) is 12.8 Å². The summed E-state index contributed by atoms with van der Waals surface area (Å²) >= 11 is 0. The molecule has 0 aliphatic carbocycles. The molecule has 1 atom stereocenters. The average molecular weight is 210 g/mol. The van der Waals surface area contributed by atoms with Crippen LogP contribution in [0, 0.1) is 12.3 Å². The van der Waals surface area contributed by atoms with Gasteiger partial charge < -0.3 is 10.6 Å². The minimum absolute atomic E-state index is 0.0274. The fraction of sp³-hybridized carbons (Fsp3) is 0.750. The van der Waals surface area contributed by atoms with Gasteiger partial charge in [-0.1, -0.05) is 33.1 Å². The third kappa shape index (κ3) is 8.02. The number of rotatable bonds is 7. The molecule has 86 valence electrons. The van der Waals surface area contributed by atoms with Crippen LogP contribution in [0.5, 0.6) is 0 Å². The number of carbonyl (C=O) groups excluding carboxylic acids is 1. The Morgan fingerprint density at radius 2 is 2.13 bits per heavy atom. The van der Waals surface area contributed by atoms with Gasteiger partial charge in [0.05, 0.1) is 6.04 Å². The van der Waals surface area contributed by atoms with Crippen LogP contribution in [0.25, 0.3) is 0 Å². The third-order valence-corrected chi connectivity index (χ3v) is 2.02. The Balaban J connectivity index is 3.68. The summed E-state index contributed by atoms with van der Waals surface area (Å²) in [5.41, 5.74) is 0. The molecule has 1 unspecified atom stereocenters. The van der Waals surface area contributed by atoms with Crippen molar-refractivity contribution in [3.05, 3.63) is 0 Å². The quantitative estimate of drug-likeness (QED) is 0.622. The highest BCUT2D eigenvalue weighted by Gasteiger charge is 2.07. The van der Waals surface area contributed by atoms with Gasteiger partial charge in [-0.25, -0.2) is 0 Å². The lowest BCUT2D eigenvalue weighted by Gasteiger charge is -2.12. The van der Waals surface area contributed by atoms with E-state index < -0.39 is 0 Å². The van der Waals surface area contributed by atoms with Gasteiger partial charge in [0.1, 0.15) is 0 Å². The normalized spacial score (nSPS) is 12.2. The second-order valence-electron chi connectivity index (χ2n) is 3.93. The van der Waals surface area contributed by atoms with Crippen molar-refractivity contribution in [2.45, 2.75) is 52.1 Å². The first-order chi connectivity index (χ1) is 7.10. The third-order valence-electron chi connectivity index (χ3n) is 2.02. The molecule has 0 aromatic carbocycles. The molecule has 1 amide bonds. The van der Waals surface area contributed by atoms with E-state index >= 15 is 0 Å². The fourth-order valence-corrected chi connectivity index (χ4v) is 1.23. The summed E-state index contributed by atoms with van der Waals surface area (Å²) in [6, 6.07) is 0.304. The number of hydrogen-bond donors (Lipinski definition) is 2. The molecule has 0 aromatic heterocycles. The van der Waals surface area contributed by atoms with Crippen molar-refractivity contribution >= 4 is 5.91 Å². The lowest BCUT2D eigenvalue weighted by atomic mass is 10.2. The molecule has 0 bridgehead atoms. The van der Waals surface area contributed by atoms with Crippen molar-refractivity contribution in [2.75, 3.05) is 6.54 Å². The Hall–Kier alpha value is -1.01. The summed E-state index contributed by atoms with van der Waals surface area (Å²) in [5.74, 6) is 2.61. The van der Waals surface area contributed by atoms with Gasteiger partial charge in [-0.2, -0.15) is 0 Å². The van der Waals surface area contributed by atoms with Crippen molar-refractivity contribution in [3.8, 4) is 12.3 Å². The Kier molecular flexibility index (Phi) is 7.75. The summed E-state index contributed by atoms with van der Waals surface area (Å²) in [4.78, 5) is 11.4. The number of hydrogen-bond acceptors (Lipinski definition) is 2. The van der Waals surface area contributed by atoms with Crippen molar-refractivity contribution < 1.29 is 4.79 Å². The number of carbonyl (C=O) groups is 1. The van der Waals surface area contributed by atoms with E-state index in [4.69, 9.17) is 6.42 Å². The van der Waals surface area contributed by atoms with Crippen LogP contribution in [0.1, 0.15) is 40.0 Å². The van der Waals surface area contributed by atoms with Crippen LogP contribution >= 0.6 is 0 Å². The molecule has 0 aliphatic heterocycles. The molecule has 0 radical (unpaired) electrons. The lowest BCUT2D eigenvalue weighted by molar-refractivity contribution is -0.121. The van der Waals surface area contributed by atoms with Gasteiger partial charge in [0.2, 0.25) is 5.91 Å². The minimum Gasteiger partial charge on any atom is -0.342 e. The highest BCUT2D eigenvalue weighted by molar-refractivity contribution is 5.76. The van der Waals surface area contributed by atoms with Gasteiger partial charge in [-0.05, 0) is 6.42 Å². The number of amides is 1. The standard InChI is InChI=1S/C12H22N2O/c1-5-7-11(6-2)14-12(15)8-9-13-10(3)4/h2,10-11,13H,5,7-9H2,1,3-4H3,(H,14,15). The molecule has 15 heavy (non-hydrogen) atoms. The predicted octanol–water partition coefficient (Wildman–Crippen LogP) is 1.29. The second kappa shape index (κ2) is 8.31. The van der Waals surface area contributed by atoms with E-state index in [1.807, 2.05) is 0 Å². The zero-order valence-corrected chi connectivity index (χ0v) is 9.97. The zero-order valence-electron chi connectivity index (χ0n) is 9.97. The van der Waals surface area contributed by atoms with Gasteiger partial charge in [-0.3, -0.25) is 4.79 Å². The lowest BCUT2D eigenvalue weighted by Crippen LogP contribution is -2.36. The molecule has 0 aromatic rings. The Morgan fingerprint density at radius 1 is 1.47 bits per heavy atom. The van der Waals surface area contributed by atoms with Crippen LogP contribution < -0.4 is 10.6 Å². The molecule has 0 saturated carbocycles. The van der Waals surface area contributed by atoms with E-state index in [2.05, 4.69) is 37.3 Å². The maximum atomic E-state index is 11.4. The Bertz CT molecular complexity index is 218. The topological polar surface area (TPSA) is 41.1 Å². The molecular formula is C12H22N2O. The Morgan fingerprint density at radius 3 is 2.60 bits per heavy atom. The molecule has 3 heteroatoms. The van der Waals surface area contributed by atoms with Crippen LogP contribution in [0.4, 0.5) is 0 Å². The van der Waals surface area contributed by atoms with Crippen LogP contribution in [-0.2, 0) is 4.79 Å². The summed E-state index contributed by atoms with van der Waals surface area (Å²) in [6.07, 6.45) is 7.62. The van der Waals surface area contributed by atoms with Crippen molar-refractivity contribution in [3.63, 3.8) is 0 Å². The van der Waals surface area contributed by atoms with Gasteiger partial charge in [0.25, 0.3) is 0 Å². The molecule has 0 rings (SSSR count). The molecule has 0 spiro atoms. The van der Waals surface area contributed by atoms with Gasteiger partial charge >= 0.3 is 0 Å². The first-order valence-corrected chi connectivity index (χ1v) is 5.59. The van der Waals surface area contributed by atoms with E-state index in [0.29, 0.717) is 19.0 Å². The van der Waals surface area contributed by atoms with Gasteiger partial charge in [0, 0.05) is 19.0 Å². The summed E-state index contributed by atoms with van der Waals surface area (Å²) in [5, 5.41) is 6.01. The second-order valence-corrected chi connectivity index (χ2v) is 3.93. The molecular weight excluding hydrogens is 188 g/mol.